The number of carbonyl (C=O) groups is 4. The van der Waals surface area contributed by atoms with E-state index >= 15 is 4.39 Å². The number of aromatic nitrogens is 2. The number of carbonyl (C=O) groups excluding carboxylic acids is 4. The van der Waals surface area contributed by atoms with Gasteiger partial charge in [0.05, 0.1) is 11.8 Å². The molecular weight excluding hydrogens is 577 g/mol. The summed E-state index contributed by atoms with van der Waals surface area (Å²) < 4.78 is 17.2. The number of benzene rings is 1. The third-order valence-electron chi connectivity index (χ3n) is 9.18. The lowest BCUT2D eigenvalue weighted by molar-refractivity contribution is -0.138. The Bertz CT molecular complexity index is 1410. The van der Waals surface area contributed by atoms with Crippen LogP contribution >= 0.6 is 0 Å². The second kappa shape index (κ2) is 15.8. The van der Waals surface area contributed by atoms with Gasteiger partial charge in [0.15, 0.2) is 5.78 Å². The van der Waals surface area contributed by atoms with E-state index in [9.17, 15) is 19.2 Å². The van der Waals surface area contributed by atoms with E-state index in [1.807, 2.05) is 14.0 Å². The smallest absolute Gasteiger partial charge is 0.245 e. The van der Waals surface area contributed by atoms with Gasteiger partial charge in [0.2, 0.25) is 17.7 Å². The van der Waals surface area contributed by atoms with Crippen molar-refractivity contribution in [2.24, 2.45) is 11.8 Å². The second-order valence-electron chi connectivity index (χ2n) is 12.2. The van der Waals surface area contributed by atoms with E-state index in [-0.39, 0.29) is 29.7 Å². The van der Waals surface area contributed by atoms with Gasteiger partial charge < -0.3 is 20.4 Å². The molecule has 0 unspecified atom stereocenters. The normalized spacial score (nSPS) is 18.0. The van der Waals surface area contributed by atoms with Gasteiger partial charge in [-0.1, -0.05) is 32.3 Å². The van der Waals surface area contributed by atoms with Crippen LogP contribution in [0.2, 0.25) is 0 Å². The lowest BCUT2D eigenvalue weighted by Gasteiger charge is -2.36. The average molecular weight is 622 g/mol. The van der Waals surface area contributed by atoms with Crippen LogP contribution in [0.5, 0.6) is 0 Å². The summed E-state index contributed by atoms with van der Waals surface area (Å²) in [4.78, 5) is 56.6. The van der Waals surface area contributed by atoms with Crippen molar-refractivity contribution in [1.82, 2.24) is 24.9 Å². The van der Waals surface area contributed by atoms with Crippen molar-refractivity contribution in [2.45, 2.75) is 77.3 Å². The Morgan fingerprint density at radius 2 is 1.80 bits per heavy atom. The average Bonchev–Trinajstić information content (AvgIpc) is 3.53. The van der Waals surface area contributed by atoms with Gasteiger partial charge >= 0.3 is 0 Å². The predicted octanol–water partition coefficient (Wildman–Crippen LogP) is 3.73. The minimum atomic E-state index is -0.993. The molecule has 1 aliphatic heterocycles. The SMILES string of the molecule is CCn1nccc1C(=O)C[C@H](C(=O)Nc1ccc([C@H](C)[C@@H](NC(=O)CC#N)C(=O)N2CCN(C)CC2)cc1F)C1CCCCC1. The molecule has 2 fully saturated rings. The topological polar surface area (TPSA) is 140 Å². The molecule has 1 saturated carbocycles. The minimum absolute atomic E-state index is 0.0113. The van der Waals surface area contributed by atoms with E-state index in [1.165, 1.54) is 12.1 Å². The van der Waals surface area contributed by atoms with Crippen LogP contribution in [0.3, 0.4) is 0 Å². The van der Waals surface area contributed by atoms with Gasteiger partial charge in [-0.2, -0.15) is 10.4 Å². The Morgan fingerprint density at radius 3 is 2.44 bits per heavy atom. The Morgan fingerprint density at radius 1 is 1.09 bits per heavy atom. The van der Waals surface area contributed by atoms with Crippen LogP contribution in [0.15, 0.2) is 30.5 Å². The first kappa shape index (κ1) is 33.8. The van der Waals surface area contributed by atoms with E-state index < -0.39 is 41.9 Å². The van der Waals surface area contributed by atoms with Crippen LogP contribution in [0.4, 0.5) is 10.1 Å². The van der Waals surface area contributed by atoms with Crippen LogP contribution in [0, 0.1) is 29.0 Å². The van der Waals surface area contributed by atoms with Crippen molar-refractivity contribution in [3.63, 3.8) is 0 Å². The molecule has 1 aromatic heterocycles. The molecule has 242 valence electrons. The standard InChI is InChI=1S/C33H44FN7O4/c1-4-41-28(13-15-36-41)29(42)21-25(23-8-6-5-7-9-23)32(44)37-27-11-10-24(20-26(27)34)22(2)31(38-30(43)12-14-35)33(45)40-18-16-39(3)17-19-40/h10-11,13,15,20,22-23,25,31H,4-9,12,16-19,21H2,1-3H3,(H,37,44)(H,38,43)/t22-,25-,31+/m0/s1. The van der Waals surface area contributed by atoms with Gasteiger partial charge in [-0.25, -0.2) is 4.39 Å². The van der Waals surface area contributed by atoms with Gasteiger partial charge in [-0.15, -0.1) is 0 Å². The van der Waals surface area contributed by atoms with E-state index in [0.717, 1.165) is 32.1 Å². The van der Waals surface area contributed by atoms with Crippen molar-refractivity contribution in [1.29, 1.82) is 5.26 Å². The highest BCUT2D eigenvalue weighted by atomic mass is 19.1. The summed E-state index contributed by atoms with van der Waals surface area (Å²) in [5.74, 6) is -3.33. The highest BCUT2D eigenvalue weighted by molar-refractivity contribution is 6.00. The molecule has 2 aliphatic rings. The van der Waals surface area contributed by atoms with Crippen LogP contribution in [-0.2, 0) is 20.9 Å². The van der Waals surface area contributed by atoms with Gasteiger partial charge in [0, 0.05) is 57.2 Å². The molecule has 0 bridgehead atoms. The molecule has 1 aliphatic carbocycles. The number of hydrogen-bond acceptors (Lipinski definition) is 7. The summed E-state index contributed by atoms with van der Waals surface area (Å²) in [7, 11) is 1.97. The number of halogens is 1. The molecule has 2 N–H and O–H groups in total. The molecule has 1 saturated heterocycles. The molecule has 1 aromatic carbocycles. The summed E-state index contributed by atoms with van der Waals surface area (Å²) >= 11 is 0. The number of ketones is 1. The first-order valence-electron chi connectivity index (χ1n) is 15.9. The zero-order chi connectivity index (χ0) is 32.5. The summed E-state index contributed by atoms with van der Waals surface area (Å²) in [5.41, 5.74) is 0.901. The molecule has 12 heteroatoms. The Labute approximate surface area is 264 Å². The molecule has 45 heavy (non-hydrogen) atoms. The minimum Gasteiger partial charge on any atom is -0.343 e. The molecule has 2 aromatic rings. The molecule has 3 amide bonds. The summed E-state index contributed by atoms with van der Waals surface area (Å²) in [5, 5.41) is 18.6. The van der Waals surface area contributed by atoms with Gasteiger partial charge in [0.1, 0.15) is 24.0 Å². The van der Waals surface area contributed by atoms with Gasteiger partial charge in [-0.3, -0.25) is 23.9 Å². The largest absolute Gasteiger partial charge is 0.343 e. The number of aryl methyl sites for hydroxylation is 1. The van der Waals surface area contributed by atoms with Crippen molar-refractivity contribution in [3.8, 4) is 6.07 Å². The monoisotopic (exact) mass is 621 g/mol. The third-order valence-corrected chi connectivity index (χ3v) is 9.18. The van der Waals surface area contributed by atoms with Gasteiger partial charge in [0.25, 0.3) is 0 Å². The first-order chi connectivity index (χ1) is 21.6. The number of likely N-dealkylation sites (N-methyl/N-ethyl adjacent to an activating group) is 1. The first-order valence-corrected chi connectivity index (χ1v) is 15.9. The third kappa shape index (κ3) is 8.54. The number of hydrogen-bond donors (Lipinski definition) is 2. The molecule has 4 rings (SSSR count). The Kier molecular flexibility index (Phi) is 11.8. The van der Waals surface area contributed by atoms with E-state index in [2.05, 4.69) is 20.6 Å². The Balaban J connectivity index is 1.52. The highest BCUT2D eigenvalue weighted by Crippen LogP contribution is 2.34. The fourth-order valence-electron chi connectivity index (χ4n) is 6.39. The quantitative estimate of drug-likeness (QED) is 0.344. The van der Waals surface area contributed by atoms with Crippen LogP contribution < -0.4 is 10.6 Å². The summed E-state index contributed by atoms with van der Waals surface area (Å²) in [6.07, 6.45) is 5.90. The van der Waals surface area contributed by atoms with Crippen LogP contribution in [0.25, 0.3) is 0 Å². The Hall–Kier alpha value is -4.11. The van der Waals surface area contributed by atoms with E-state index in [0.29, 0.717) is 44.0 Å². The fourth-order valence-corrected chi connectivity index (χ4v) is 6.39. The fraction of sp³-hybridized carbons (Fsp3) is 0.576. The molecule has 0 spiro atoms. The number of piperazine rings is 1. The molecule has 0 radical (unpaired) electrons. The van der Waals surface area contributed by atoms with Crippen LogP contribution in [0.1, 0.15) is 80.8 Å². The van der Waals surface area contributed by atoms with Crippen LogP contribution in [-0.4, -0.2) is 82.4 Å². The lowest BCUT2D eigenvalue weighted by Crippen LogP contribution is -2.55. The molecular formula is C33H44FN7O4. The zero-order valence-electron chi connectivity index (χ0n) is 26.4. The maximum atomic E-state index is 15.6. The van der Waals surface area contributed by atoms with Crippen molar-refractivity contribution >= 4 is 29.2 Å². The number of nitrogens with one attached hydrogen (secondary N) is 2. The number of nitrogens with zero attached hydrogens (tertiary/aromatic N) is 5. The van der Waals surface area contributed by atoms with E-state index in [4.69, 9.17) is 5.26 Å². The zero-order valence-corrected chi connectivity index (χ0v) is 26.4. The van der Waals surface area contributed by atoms with Crippen molar-refractivity contribution < 1.29 is 23.6 Å². The number of nitriles is 1. The number of Topliss-reactive ketones (excluding diaryl/α,β-unsaturated/α-hetero) is 1. The molecule has 11 nitrogen and oxygen atoms in total. The van der Waals surface area contributed by atoms with Crippen molar-refractivity contribution in [2.75, 3.05) is 38.5 Å². The number of anilines is 1. The number of rotatable bonds is 12. The maximum Gasteiger partial charge on any atom is 0.245 e. The number of amides is 3. The van der Waals surface area contributed by atoms with Crippen molar-refractivity contribution in [3.05, 3.63) is 47.5 Å². The van der Waals surface area contributed by atoms with Gasteiger partial charge in [-0.05, 0) is 56.5 Å². The second-order valence-corrected chi connectivity index (χ2v) is 12.2. The lowest BCUT2D eigenvalue weighted by atomic mass is 9.77. The van der Waals surface area contributed by atoms with E-state index in [1.54, 1.807) is 40.9 Å². The molecule has 2 heterocycles. The summed E-state index contributed by atoms with van der Waals surface area (Å²) in [6.45, 7) is 6.54. The predicted molar refractivity (Wildman–Crippen MR) is 167 cm³/mol. The highest BCUT2D eigenvalue weighted by Gasteiger charge is 2.35. The molecule has 3 atom stereocenters. The summed E-state index contributed by atoms with van der Waals surface area (Å²) in [6, 6.07) is 6.82. The maximum absolute atomic E-state index is 15.6.